The lowest BCUT2D eigenvalue weighted by molar-refractivity contribution is -0.137. The van der Waals surface area contributed by atoms with Gasteiger partial charge in [-0.3, -0.25) is 4.90 Å². The summed E-state index contributed by atoms with van der Waals surface area (Å²) >= 11 is 0. The fraction of sp³-hybridized carbons (Fsp3) is 0.786. The Balaban J connectivity index is 2.35. The average Bonchev–Trinajstić information content (AvgIpc) is 2.26. The van der Waals surface area contributed by atoms with Gasteiger partial charge in [-0.15, -0.1) is 0 Å². The molecule has 1 heterocycles. The summed E-state index contributed by atoms with van der Waals surface area (Å²) in [5.41, 5.74) is 0.260. The summed E-state index contributed by atoms with van der Waals surface area (Å²) in [7, 11) is 0. The molecule has 1 rings (SSSR count). The third-order valence-electron chi connectivity index (χ3n) is 3.28. The molecule has 0 atom stereocenters. The molecule has 3 nitrogen and oxygen atoms in total. The molecule has 98 valence electrons. The third-order valence-corrected chi connectivity index (χ3v) is 3.28. The highest BCUT2D eigenvalue weighted by molar-refractivity contribution is 5.81. The van der Waals surface area contributed by atoms with Gasteiger partial charge in [0.25, 0.3) is 0 Å². The summed E-state index contributed by atoms with van der Waals surface area (Å²) in [6.07, 6.45) is 5.86. The molecule has 0 unspecified atom stereocenters. The minimum atomic E-state index is -0.217. The fourth-order valence-corrected chi connectivity index (χ4v) is 2.17. The van der Waals surface area contributed by atoms with E-state index in [2.05, 4.69) is 25.7 Å². The zero-order valence-corrected chi connectivity index (χ0v) is 11.5. The molecule has 0 spiro atoms. The van der Waals surface area contributed by atoms with E-state index in [9.17, 15) is 4.79 Å². The zero-order chi connectivity index (χ0) is 12.9. The molecule has 1 aliphatic heterocycles. The maximum atomic E-state index is 11.2. The van der Waals surface area contributed by atoms with E-state index in [0.29, 0.717) is 12.5 Å². The van der Waals surface area contributed by atoms with Crippen molar-refractivity contribution in [3.05, 3.63) is 12.2 Å². The molecular formula is C14H25NO2. The van der Waals surface area contributed by atoms with Crippen molar-refractivity contribution in [2.75, 3.05) is 19.7 Å². The van der Waals surface area contributed by atoms with Crippen molar-refractivity contribution in [3.63, 3.8) is 0 Å². The van der Waals surface area contributed by atoms with Crippen molar-refractivity contribution in [3.8, 4) is 0 Å². The number of piperidine rings is 1. The highest BCUT2D eigenvalue weighted by Gasteiger charge is 2.25. The number of esters is 1. The quantitative estimate of drug-likeness (QED) is 0.560. The summed E-state index contributed by atoms with van der Waals surface area (Å²) < 4.78 is 4.87. The maximum absolute atomic E-state index is 11.2. The maximum Gasteiger partial charge on any atom is 0.330 e. The van der Waals surface area contributed by atoms with Gasteiger partial charge < -0.3 is 4.74 Å². The molecule has 0 aromatic heterocycles. The molecular weight excluding hydrogens is 214 g/mol. The second-order valence-electron chi connectivity index (χ2n) is 5.61. The summed E-state index contributed by atoms with van der Waals surface area (Å²) in [4.78, 5) is 13.7. The first-order valence-corrected chi connectivity index (χ1v) is 6.53. The summed E-state index contributed by atoms with van der Waals surface area (Å²) in [5.74, 6) is 0.309. The van der Waals surface area contributed by atoms with Gasteiger partial charge in [-0.05, 0) is 59.5 Å². The van der Waals surface area contributed by atoms with Crippen LogP contribution in [0.2, 0.25) is 0 Å². The normalized spacial score (nSPS) is 19.8. The van der Waals surface area contributed by atoms with Crippen LogP contribution in [0.5, 0.6) is 0 Å². The molecule has 1 saturated heterocycles. The van der Waals surface area contributed by atoms with E-state index in [4.69, 9.17) is 4.74 Å². The average molecular weight is 239 g/mol. The highest BCUT2D eigenvalue weighted by Crippen LogP contribution is 2.24. The smallest absolute Gasteiger partial charge is 0.330 e. The first kappa shape index (κ1) is 14.2. The number of rotatable bonds is 3. The lowest BCUT2D eigenvalue weighted by Gasteiger charge is -2.40. The monoisotopic (exact) mass is 239 g/mol. The lowest BCUT2D eigenvalue weighted by Crippen LogP contribution is -2.45. The Kier molecular flexibility index (Phi) is 5.19. The van der Waals surface area contributed by atoms with Crippen molar-refractivity contribution in [2.24, 2.45) is 5.92 Å². The number of ether oxygens (including phenoxy) is 1. The van der Waals surface area contributed by atoms with Gasteiger partial charge in [-0.25, -0.2) is 4.79 Å². The Morgan fingerprint density at radius 3 is 2.41 bits per heavy atom. The van der Waals surface area contributed by atoms with Gasteiger partial charge in [0.1, 0.15) is 0 Å². The summed E-state index contributed by atoms with van der Waals surface area (Å²) in [5, 5.41) is 0. The van der Waals surface area contributed by atoms with Crippen LogP contribution in [0.1, 0.15) is 40.5 Å². The van der Waals surface area contributed by atoms with Gasteiger partial charge in [0.05, 0.1) is 6.61 Å². The highest BCUT2D eigenvalue weighted by atomic mass is 16.5. The number of carbonyl (C=O) groups excluding carboxylic acids is 1. The Labute approximate surface area is 105 Å². The molecule has 0 N–H and O–H groups in total. The Morgan fingerprint density at radius 2 is 1.94 bits per heavy atom. The van der Waals surface area contributed by atoms with E-state index in [-0.39, 0.29) is 11.5 Å². The van der Waals surface area contributed by atoms with Crippen LogP contribution in [0.4, 0.5) is 0 Å². The minimum Gasteiger partial charge on any atom is -0.463 e. The largest absolute Gasteiger partial charge is 0.463 e. The van der Waals surface area contributed by atoms with Gasteiger partial charge in [0.15, 0.2) is 0 Å². The fourth-order valence-electron chi connectivity index (χ4n) is 2.17. The molecule has 0 aromatic carbocycles. The minimum absolute atomic E-state index is 0.217. The van der Waals surface area contributed by atoms with Gasteiger partial charge in [-0.2, -0.15) is 0 Å². The van der Waals surface area contributed by atoms with Crippen LogP contribution in [0, 0.1) is 5.92 Å². The molecule has 0 amide bonds. The van der Waals surface area contributed by atoms with Crippen molar-refractivity contribution in [2.45, 2.75) is 46.1 Å². The molecule has 0 aromatic rings. The van der Waals surface area contributed by atoms with Crippen molar-refractivity contribution in [1.29, 1.82) is 0 Å². The number of allylic oxidation sites excluding steroid dienone is 1. The molecule has 0 saturated carbocycles. The Bertz CT molecular complexity index is 270. The van der Waals surface area contributed by atoms with E-state index in [1.165, 1.54) is 0 Å². The van der Waals surface area contributed by atoms with E-state index >= 15 is 0 Å². The van der Waals surface area contributed by atoms with Crippen LogP contribution in [-0.4, -0.2) is 36.1 Å². The van der Waals surface area contributed by atoms with Crippen LogP contribution in [0.15, 0.2) is 12.2 Å². The van der Waals surface area contributed by atoms with Crippen LogP contribution in [0.3, 0.4) is 0 Å². The molecule has 1 aliphatic rings. The summed E-state index contributed by atoms with van der Waals surface area (Å²) in [6, 6.07) is 0. The number of likely N-dealkylation sites (tertiary alicyclic amines) is 1. The number of hydrogen-bond donors (Lipinski definition) is 0. The Hall–Kier alpha value is -0.830. The lowest BCUT2D eigenvalue weighted by atomic mass is 9.93. The molecule has 3 heteroatoms. The first-order valence-electron chi connectivity index (χ1n) is 6.53. The SMILES string of the molecule is CCOC(=O)/C=C/C1CCN(C(C)(C)C)CC1. The van der Waals surface area contributed by atoms with Gasteiger partial charge in [0, 0.05) is 11.6 Å². The van der Waals surface area contributed by atoms with E-state index < -0.39 is 0 Å². The van der Waals surface area contributed by atoms with Crippen LogP contribution >= 0.6 is 0 Å². The molecule has 0 radical (unpaired) electrons. The van der Waals surface area contributed by atoms with E-state index in [1.807, 2.05) is 13.0 Å². The number of hydrogen-bond acceptors (Lipinski definition) is 3. The number of carbonyl (C=O) groups is 1. The van der Waals surface area contributed by atoms with Crippen molar-refractivity contribution in [1.82, 2.24) is 4.90 Å². The number of nitrogens with zero attached hydrogens (tertiary/aromatic N) is 1. The van der Waals surface area contributed by atoms with Gasteiger partial charge in [-0.1, -0.05) is 6.08 Å². The second-order valence-corrected chi connectivity index (χ2v) is 5.61. The predicted octanol–water partition coefficient (Wildman–Crippen LogP) is 2.62. The van der Waals surface area contributed by atoms with Crippen molar-refractivity contribution >= 4 is 5.97 Å². The topological polar surface area (TPSA) is 29.5 Å². The molecule has 0 bridgehead atoms. The zero-order valence-electron chi connectivity index (χ0n) is 11.5. The Morgan fingerprint density at radius 1 is 1.35 bits per heavy atom. The van der Waals surface area contributed by atoms with Crippen LogP contribution < -0.4 is 0 Å². The van der Waals surface area contributed by atoms with E-state index in [0.717, 1.165) is 25.9 Å². The third kappa shape index (κ3) is 4.90. The van der Waals surface area contributed by atoms with Gasteiger partial charge in [0.2, 0.25) is 0 Å². The second kappa shape index (κ2) is 6.20. The molecule has 17 heavy (non-hydrogen) atoms. The summed E-state index contributed by atoms with van der Waals surface area (Å²) in [6.45, 7) is 11.3. The van der Waals surface area contributed by atoms with Crippen LogP contribution in [-0.2, 0) is 9.53 Å². The van der Waals surface area contributed by atoms with Gasteiger partial charge >= 0.3 is 5.97 Å². The van der Waals surface area contributed by atoms with Crippen LogP contribution in [0.25, 0.3) is 0 Å². The first-order chi connectivity index (χ1) is 7.93. The molecule has 1 fully saturated rings. The molecule has 0 aliphatic carbocycles. The standard InChI is InChI=1S/C14H25NO2/c1-5-17-13(16)7-6-12-8-10-15(11-9-12)14(2,3)4/h6-7,12H,5,8-11H2,1-4H3/b7-6+. The van der Waals surface area contributed by atoms with E-state index in [1.54, 1.807) is 6.08 Å². The predicted molar refractivity (Wildman–Crippen MR) is 69.8 cm³/mol. The van der Waals surface area contributed by atoms with Crippen molar-refractivity contribution < 1.29 is 9.53 Å².